The Labute approximate surface area is 168 Å². The third kappa shape index (κ3) is 4.02. The first-order valence-electron chi connectivity index (χ1n) is 9.15. The van der Waals surface area contributed by atoms with Crippen molar-refractivity contribution in [2.45, 2.75) is 6.61 Å². The second-order valence-corrected chi connectivity index (χ2v) is 6.64. The molecule has 0 N–H and O–H groups in total. The summed E-state index contributed by atoms with van der Waals surface area (Å²) in [7, 11) is 1.90. The predicted octanol–water partition coefficient (Wildman–Crippen LogP) is 5.36. The van der Waals surface area contributed by atoms with Crippen LogP contribution in [0.5, 0.6) is 5.75 Å². The Morgan fingerprint density at radius 1 is 1.07 bits per heavy atom. The van der Waals surface area contributed by atoms with Crippen LogP contribution in [-0.2, 0) is 13.7 Å². The number of aryl methyl sites for hydroxylation is 1. The fourth-order valence-corrected chi connectivity index (χ4v) is 3.11. The topological polar surface area (TPSA) is 50.8 Å². The zero-order valence-electron chi connectivity index (χ0n) is 15.8. The number of ether oxygens (including phenoxy) is 1. The van der Waals surface area contributed by atoms with Gasteiger partial charge in [0.25, 0.3) is 0 Å². The molecular formula is C24H18FN3O. The average Bonchev–Trinajstić information content (AvgIpc) is 3.09. The van der Waals surface area contributed by atoms with E-state index in [4.69, 9.17) is 4.74 Å². The number of aromatic nitrogens is 2. The number of hydrogen-bond donors (Lipinski definition) is 0. The first-order chi connectivity index (χ1) is 14.1. The van der Waals surface area contributed by atoms with Crippen LogP contribution < -0.4 is 4.74 Å². The monoisotopic (exact) mass is 383 g/mol. The highest BCUT2D eigenvalue weighted by Gasteiger charge is 2.11. The molecule has 3 aromatic carbocycles. The summed E-state index contributed by atoms with van der Waals surface area (Å²) >= 11 is 0. The fraction of sp³-hybridized carbons (Fsp3) is 0.0833. The standard InChI is InChI=1S/C24H18FN3O/c1-28-23-5-3-2-4-22(23)27-24(28)19(15-26)14-17-8-12-21(13-9-17)29-16-18-6-10-20(25)11-7-18/h2-14H,16H2,1H3/b19-14+. The predicted molar refractivity (Wildman–Crippen MR) is 111 cm³/mol. The van der Waals surface area contributed by atoms with Gasteiger partial charge in [-0.3, -0.25) is 0 Å². The molecular weight excluding hydrogens is 365 g/mol. The van der Waals surface area contributed by atoms with Gasteiger partial charge in [0.2, 0.25) is 0 Å². The molecule has 0 saturated heterocycles. The van der Waals surface area contributed by atoms with Crippen LogP contribution in [0, 0.1) is 17.1 Å². The van der Waals surface area contributed by atoms with Crippen molar-refractivity contribution in [3.8, 4) is 11.8 Å². The highest BCUT2D eigenvalue weighted by Crippen LogP contribution is 2.23. The molecule has 29 heavy (non-hydrogen) atoms. The van der Waals surface area contributed by atoms with E-state index in [1.54, 1.807) is 12.1 Å². The zero-order valence-corrected chi connectivity index (χ0v) is 15.8. The van der Waals surface area contributed by atoms with Crippen molar-refractivity contribution in [2.75, 3.05) is 0 Å². The van der Waals surface area contributed by atoms with Crippen LogP contribution in [0.4, 0.5) is 4.39 Å². The lowest BCUT2D eigenvalue weighted by atomic mass is 10.1. The first kappa shape index (κ1) is 18.5. The molecule has 0 aliphatic heterocycles. The average molecular weight is 383 g/mol. The van der Waals surface area contributed by atoms with E-state index in [-0.39, 0.29) is 5.82 Å². The van der Waals surface area contributed by atoms with Crippen LogP contribution in [0.1, 0.15) is 17.0 Å². The molecule has 0 fully saturated rings. The number of nitrogens with zero attached hydrogens (tertiary/aromatic N) is 3. The van der Waals surface area contributed by atoms with Crippen LogP contribution in [0.3, 0.4) is 0 Å². The largest absolute Gasteiger partial charge is 0.489 e. The normalized spacial score (nSPS) is 11.4. The highest BCUT2D eigenvalue weighted by atomic mass is 19.1. The van der Waals surface area contributed by atoms with Crippen LogP contribution in [0.15, 0.2) is 72.8 Å². The van der Waals surface area contributed by atoms with E-state index in [1.807, 2.05) is 66.2 Å². The number of allylic oxidation sites excluding steroid dienone is 1. The molecule has 4 aromatic rings. The van der Waals surface area contributed by atoms with E-state index < -0.39 is 0 Å². The summed E-state index contributed by atoms with van der Waals surface area (Å²) in [6, 6.07) is 23.7. The smallest absolute Gasteiger partial charge is 0.151 e. The van der Waals surface area contributed by atoms with Gasteiger partial charge in [0.05, 0.1) is 16.6 Å². The summed E-state index contributed by atoms with van der Waals surface area (Å²) in [5.41, 5.74) is 4.10. The van der Waals surface area contributed by atoms with Crippen molar-refractivity contribution in [1.82, 2.24) is 9.55 Å². The number of halogens is 1. The van der Waals surface area contributed by atoms with Crippen molar-refractivity contribution in [3.05, 3.63) is 95.6 Å². The van der Waals surface area contributed by atoms with Gasteiger partial charge in [-0.25, -0.2) is 9.37 Å². The molecule has 5 heteroatoms. The van der Waals surface area contributed by atoms with Crippen LogP contribution in [-0.4, -0.2) is 9.55 Å². The van der Waals surface area contributed by atoms with Gasteiger partial charge in [-0.15, -0.1) is 0 Å². The Hall–Kier alpha value is -3.91. The van der Waals surface area contributed by atoms with Gasteiger partial charge in [-0.1, -0.05) is 36.4 Å². The molecule has 1 heterocycles. The Morgan fingerprint density at radius 2 is 1.79 bits per heavy atom. The van der Waals surface area contributed by atoms with E-state index in [1.165, 1.54) is 12.1 Å². The summed E-state index contributed by atoms with van der Waals surface area (Å²) in [5.74, 6) is 1.07. The molecule has 0 aliphatic rings. The number of benzene rings is 3. The van der Waals surface area contributed by atoms with E-state index >= 15 is 0 Å². The molecule has 0 saturated carbocycles. The van der Waals surface area contributed by atoms with Crippen molar-refractivity contribution in [2.24, 2.45) is 7.05 Å². The van der Waals surface area contributed by atoms with Crippen molar-refractivity contribution >= 4 is 22.7 Å². The minimum atomic E-state index is -0.265. The Bertz CT molecular complexity index is 1220. The van der Waals surface area contributed by atoms with Gasteiger partial charge >= 0.3 is 0 Å². The number of fused-ring (bicyclic) bond motifs is 1. The quantitative estimate of drug-likeness (QED) is 0.436. The molecule has 0 amide bonds. The lowest BCUT2D eigenvalue weighted by Gasteiger charge is -2.07. The maximum Gasteiger partial charge on any atom is 0.151 e. The zero-order chi connectivity index (χ0) is 20.2. The van der Waals surface area contributed by atoms with Crippen molar-refractivity contribution in [1.29, 1.82) is 5.26 Å². The van der Waals surface area contributed by atoms with Crippen molar-refractivity contribution in [3.63, 3.8) is 0 Å². The number of imidazole rings is 1. The molecule has 0 bridgehead atoms. The summed E-state index contributed by atoms with van der Waals surface area (Å²) in [6.45, 7) is 0.360. The Kier molecular flexibility index (Phi) is 5.08. The first-order valence-corrected chi connectivity index (χ1v) is 9.15. The molecule has 0 radical (unpaired) electrons. The lowest BCUT2D eigenvalue weighted by Crippen LogP contribution is -1.96. The summed E-state index contributed by atoms with van der Waals surface area (Å²) in [6.07, 6.45) is 1.81. The summed E-state index contributed by atoms with van der Waals surface area (Å²) in [5, 5.41) is 9.65. The van der Waals surface area contributed by atoms with Crippen LogP contribution in [0.25, 0.3) is 22.7 Å². The number of para-hydroxylation sites is 2. The minimum Gasteiger partial charge on any atom is -0.489 e. The van der Waals surface area contributed by atoms with E-state index in [2.05, 4.69) is 11.1 Å². The van der Waals surface area contributed by atoms with Crippen LogP contribution >= 0.6 is 0 Å². The Balaban J connectivity index is 1.52. The maximum absolute atomic E-state index is 13.0. The maximum atomic E-state index is 13.0. The van der Waals surface area contributed by atoms with E-state index in [0.29, 0.717) is 23.8 Å². The molecule has 1 aromatic heterocycles. The molecule has 142 valence electrons. The molecule has 0 unspecified atom stereocenters. The van der Waals surface area contributed by atoms with E-state index in [9.17, 15) is 9.65 Å². The van der Waals surface area contributed by atoms with Crippen LogP contribution in [0.2, 0.25) is 0 Å². The highest BCUT2D eigenvalue weighted by molar-refractivity contribution is 5.90. The fourth-order valence-electron chi connectivity index (χ4n) is 3.11. The van der Waals surface area contributed by atoms with Gasteiger partial charge < -0.3 is 9.30 Å². The number of nitriles is 1. The van der Waals surface area contributed by atoms with Gasteiger partial charge in [-0.05, 0) is 53.6 Å². The number of rotatable bonds is 5. The minimum absolute atomic E-state index is 0.265. The second-order valence-electron chi connectivity index (χ2n) is 6.64. The Morgan fingerprint density at radius 3 is 2.48 bits per heavy atom. The van der Waals surface area contributed by atoms with Gasteiger partial charge in [0.15, 0.2) is 5.82 Å². The third-order valence-corrected chi connectivity index (χ3v) is 4.66. The SMILES string of the molecule is Cn1c(/C(C#N)=C/c2ccc(OCc3ccc(F)cc3)cc2)nc2ccccc21. The molecule has 0 aliphatic carbocycles. The van der Waals surface area contributed by atoms with Gasteiger partial charge in [-0.2, -0.15) is 5.26 Å². The second kappa shape index (κ2) is 7.99. The van der Waals surface area contributed by atoms with Gasteiger partial charge in [0, 0.05) is 7.05 Å². The molecule has 4 nitrogen and oxygen atoms in total. The summed E-state index contributed by atoms with van der Waals surface area (Å²) in [4.78, 5) is 4.59. The van der Waals surface area contributed by atoms with Gasteiger partial charge in [0.1, 0.15) is 24.2 Å². The molecule has 0 spiro atoms. The molecule has 4 rings (SSSR count). The summed E-state index contributed by atoms with van der Waals surface area (Å²) < 4.78 is 20.6. The van der Waals surface area contributed by atoms with E-state index in [0.717, 1.165) is 22.2 Å². The third-order valence-electron chi connectivity index (χ3n) is 4.66. The molecule has 0 atom stereocenters. The number of hydrogen-bond acceptors (Lipinski definition) is 3. The lowest BCUT2D eigenvalue weighted by molar-refractivity contribution is 0.306. The van der Waals surface area contributed by atoms with Crippen molar-refractivity contribution < 1.29 is 9.13 Å².